The molecule has 0 amide bonds. The number of aromatic nitrogens is 5. The molecule has 0 aliphatic heterocycles. The number of hydrogen-bond donors (Lipinski definition) is 1. The molecule has 6 nitrogen and oxygen atoms in total. The molecule has 0 unspecified atom stereocenters. The first-order chi connectivity index (χ1) is 9.33. The van der Waals surface area contributed by atoms with Crippen molar-refractivity contribution >= 4 is 10.9 Å². The second-order valence-electron chi connectivity index (χ2n) is 4.27. The molecule has 0 saturated heterocycles. The molecule has 0 atom stereocenters. The summed E-state index contributed by atoms with van der Waals surface area (Å²) < 4.78 is 3.65. The van der Waals surface area contributed by atoms with E-state index in [1.54, 1.807) is 4.68 Å². The summed E-state index contributed by atoms with van der Waals surface area (Å²) in [4.78, 5) is 4.01. The van der Waals surface area contributed by atoms with Gasteiger partial charge in [0.2, 0.25) is 0 Å². The number of para-hydroxylation sites is 1. The summed E-state index contributed by atoms with van der Waals surface area (Å²) in [6.45, 7) is 3.29. The molecule has 0 radical (unpaired) electrons. The Morgan fingerprint density at radius 2 is 2.05 bits per heavy atom. The third kappa shape index (κ3) is 2.00. The quantitative estimate of drug-likeness (QED) is 0.762. The first-order valence-corrected chi connectivity index (χ1v) is 6.25. The third-order valence-corrected chi connectivity index (χ3v) is 3.17. The molecule has 0 saturated carbocycles. The van der Waals surface area contributed by atoms with Crippen LogP contribution in [0.25, 0.3) is 10.9 Å². The number of fused-ring (bicyclic) bond motifs is 1. The first kappa shape index (κ1) is 11.9. The van der Waals surface area contributed by atoms with Crippen LogP contribution in [0.4, 0.5) is 0 Å². The zero-order valence-electron chi connectivity index (χ0n) is 10.7. The lowest BCUT2D eigenvalue weighted by Crippen LogP contribution is -2.08. The number of aliphatic hydroxyl groups excluding tert-OH is 1. The van der Waals surface area contributed by atoms with Gasteiger partial charge >= 0.3 is 0 Å². The largest absolute Gasteiger partial charge is 0.388 e. The van der Waals surface area contributed by atoms with Crippen molar-refractivity contribution in [2.45, 2.75) is 26.6 Å². The van der Waals surface area contributed by atoms with E-state index in [1.807, 2.05) is 16.8 Å². The van der Waals surface area contributed by atoms with Crippen LogP contribution in [-0.2, 0) is 19.7 Å². The maximum Gasteiger partial charge on any atom is 0.152 e. The average molecular weight is 257 g/mol. The Balaban J connectivity index is 2.06. The van der Waals surface area contributed by atoms with Crippen LogP contribution >= 0.6 is 0 Å². The summed E-state index contributed by atoms with van der Waals surface area (Å²) in [7, 11) is 0. The molecule has 0 bridgehead atoms. The second-order valence-corrected chi connectivity index (χ2v) is 4.27. The highest BCUT2D eigenvalue weighted by atomic mass is 16.3. The monoisotopic (exact) mass is 257 g/mol. The number of rotatable bonds is 4. The van der Waals surface area contributed by atoms with Gasteiger partial charge in [0, 0.05) is 11.9 Å². The third-order valence-electron chi connectivity index (χ3n) is 3.17. The van der Waals surface area contributed by atoms with Gasteiger partial charge in [0.25, 0.3) is 0 Å². The molecule has 1 N–H and O–H groups in total. The Hall–Kier alpha value is -2.21. The molecule has 2 heterocycles. The molecular formula is C13H15N5O. The summed E-state index contributed by atoms with van der Waals surface area (Å²) in [5.41, 5.74) is 2.06. The summed E-state index contributed by atoms with van der Waals surface area (Å²) >= 11 is 0. The summed E-state index contributed by atoms with van der Waals surface area (Å²) in [5, 5.41) is 19.0. The molecule has 3 rings (SSSR count). The minimum atomic E-state index is -0.119. The smallest absolute Gasteiger partial charge is 0.152 e. The van der Waals surface area contributed by atoms with Gasteiger partial charge in [-0.15, -0.1) is 0 Å². The minimum absolute atomic E-state index is 0.119. The van der Waals surface area contributed by atoms with E-state index in [1.165, 1.54) is 6.33 Å². The standard InChI is InChI=1S/C13H15N5O/c1-2-17-12-6-4-3-5-10(12)11(16-17)7-18-13(8-19)14-9-15-18/h3-6,9,19H,2,7-8H2,1H3. The van der Waals surface area contributed by atoms with Crippen LogP contribution in [0.3, 0.4) is 0 Å². The van der Waals surface area contributed by atoms with Crippen molar-refractivity contribution in [2.75, 3.05) is 0 Å². The molecule has 6 heteroatoms. The molecular weight excluding hydrogens is 242 g/mol. The first-order valence-electron chi connectivity index (χ1n) is 6.25. The van der Waals surface area contributed by atoms with Gasteiger partial charge in [-0.3, -0.25) is 4.68 Å². The van der Waals surface area contributed by atoms with Gasteiger partial charge in [-0.25, -0.2) is 9.67 Å². The topological polar surface area (TPSA) is 68.8 Å². The van der Waals surface area contributed by atoms with Crippen LogP contribution in [0.1, 0.15) is 18.4 Å². The van der Waals surface area contributed by atoms with Crippen molar-refractivity contribution in [2.24, 2.45) is 0 Å². The summed E-state index contributed by atoms with van der Waals surface area (Å²) in [5.74, 6) is 0.551. The maximum atomic E-state index is 9.20. The summed E-state index contributed by atoms with van der Waals surface area (Å²) in [6, 6.07) is 8.12. The van der Waals surface area contributed by atoms with Gasteiger partial charge in [-0.1, -0.05) is 18.2 Å². The fourth-order valence-electron chi connectivity index (χ4n) is 2.24. The van der Waals surface area contributed by atoms with Crippen LogP contribution in [0.5, 0.6) is 0 Å². The zero-order chi connectivity index (χ0) is 13.2. The Morgan fingerprint density at radius 3 is 2.84 bits per heavy atom. The molecule has 2 aromatic heterocycles. The highest BCUT2D eigenvalue weighted by Crippen LogP contribution is 2.19. The predicted octanol–water partition coefficient (Wildman–Crippen LogP) is 1.19. The number of hydrogen-bond acceptors (Lipinski definition) is 4. The van der Waals surface area contributed by atoms with E-state index >= 15 is 0 Å². The van der Waals surface area contributed by atoms with E-state index in [-0.39, 0.29) is 6.61 Å². The van der Waals surface area contributed by atoms with Crippen molar-refractivity contribution in [1.82, 2.24) is 24.5 Å². The van der Waals surface area contributed by atoms with Crippen molar-refractivity contribution in [3.8, 4) is 0 Å². The van der Waals surface area contributed by atoms with E-state index in [0.717, 1.165) is 23.1 Å². The Kier molecular flexibility index (Phi) is 3.00. The van der Waals surface area contributed by atoms with Crippen LogP contribution in [0, 0.1) is 0 Å². The fourth-order valence-corrected chi connectivity index (χ4v) is 2.24. The number of nitrogens with zero attached hydrogens (tertiary/aromatic N) is 5. The highest BCUT2D eigenvalue weighted by Gasteiger charge is 2.11. The van der Waals surface area contributed by atoms with Crippen LogP contribution in [0.2, 0.25) is 0 Å². The van der Waals surface area contributed by atoms with Crippen molar-refractivity contribution in [1.29, 1.82) is 0 Å². The van der Waals surface area contributed by atoms with Gasteiger partial charge in [0.15, 0.2) is 5.82 Å². The second kappa shape index (κ2) is 4.81. The predicted molar refractivity (Wildman–Crippen MR) is 70.5 cm³/mol. The molecule has 0 aliphatic carbocycles. The van der Waals surface area contributed by atoms with Gasteiger partial charge in [-0.2, -0.15) is 10.2 Å². The lowest BCUT2D eigenvalue weighted by atomic mass is 10.2. The van der Waals surface area contributed by atoms with Gasteiger partial charge in [0.1, 0.15) is 12.9 Å². The molecule has 1 aromatic carbocycles. The fraction of sp³-hybridized carbons (Fsp3) is 0.308. The molecule has 3 aromatic rings. The Labute approximate surface area is 110 Å². The van der Waals surface area contributed by atoms with E-state index < -0.39 is 0 Å². The minimum Gasteiger partial charge on any atom is -0.388 e. The molecule has 0 aliphatic rings. The lowest BCUT2D eigenvalue weighted by Gasteiger charge is -2.01. The lowest BCUT2D eigenvalue weighted by molar-refractivity contribution is 0.263. The van der Waals surface area contributed by atoms with Crippen LogP contribution < -0.4 is 0 Å². The maximum absolute atomic E-state index is 9.20. The van der Waals surface area contributed by atoms with Crippen LogP contribution in [-0.4, -0.2) is 29.7 Å². The van der Waals surface area contributed by atoms with E-state index in [4.69, 9.17) is 0 Å². The normalized spacial score (nSPS) is 11.3. The number of benzene rings is 1. The summed E-state index contributed by atoms with van der Waals surface area (Å²) in [6.07, 6.45) is 1.45. The molecule has 0 fully saturated rings. The van der Waals surface area contributed by atoms with E-state index in [9.17, 15) is 5.11 Å². The van der Waals surface area contributed by atoms with Crippen molar-refractivity contribution in [3.05, 3.63) is 42.1 Å². The molecule has 98 valence electrons. The van der Waals surface area contributed by atoms with Gasteiger partial charge in [-0.05, 0) is 13.0 Å². The van der Waals surface area contributed by atoms with Crippen molar-refractivity contribution < 1.29 is 5.11 Å². The number of aliphatic hydroxyl groups is 1. The molecule has 19 heavy (non-hydrogen) atoms. The average Bonchev–Trinajstić information content (AvgIpc) is 3.04. The Bertz CT molecular complexity index is 700. The SMILES string of the molecule is CCn1nc(Cn2ncnc2CO)c2ccccc21. The highest BCUT2D eigenvalue weighted by molar-refractivity contribution is 5.81. The van der Waals surface area contributed by atoms with Crippen LogP contribution in [0.15, 0.2) is 30.6 Å². The Morgan fingerprint density at radius 1 is 1.21 bits per heavy atom. The van der Waals surface area contributed by atoms with Gasteiger partial charge in [0.05, 0.1) is 17.8 Å². The van der Waals surface area contributed by atoms with Crippen molar-refractivity contribution in [3.63, 3.8) is 0 Å². The van der Waals surface area contributed by atoms with E-state index in [0.29, 0.717) is 12.4 Å². The van der Waals surface area contributed by atoms with E-state index in [2.05, 4.69) is 34.2 Å². The molecule has 0 spiro atoms. The zero-order valence-corrected chi connectivity index (χ0v) is 10.7. The van der Waals surface area contributed by atoms with Gasteiger partial charge < -0.3 is 5.11 Å². The number of aryl methyl sites for hydroxylation is 1.